The van der Waals surface area contributed by atoms with Gasteiger partial charge in [-0.05, 0) is 69.7 Å². The number of amides is 1. The van der Waals surface area contributed by atoms with Crippen LogP contribution in [0.15, 0.2) is 12.1 Å². The topological polar surface area (TPSA) is 74.4 Å². The molecule has 2 aromatic rings. The summed E-state index contributed by atoms with van der Waals surface area (Å²) in [4.78, 5) is 32.7. The third-order valence-corrected chi connectivity index (χ3v) is 9.39. The third kappa shape index (κ3) is 2.06. The molecule has 2 N–H and O–H groups in total. The molecule has 1 amide bonds. The average Bonchev–Trinajstić information content (AvgIpc) is 3.27. The molecule has 1 aliphatic carbocycles. The van der Waals surface area contributed by atoms with E-state index in [-0.39, 0.29) is 28.2 Å². The lowest BCUT2D eigenvalue weighted by Crippen LogP contribution is -2.82. The zero-order chi connectivity index (χ0) is 22.3. The lowest BCUT2D eigenvalue weighted by atomic mass is 9.51. The molecule has 3 atom stereocenters. The number of benzene rings is 1. The predicted octanol–water partition coefficient (Wildman–Crippen LogP) is 3.47. The standard InChI is InChI=1S/C26H31N3O3/c1-23(2)11-16(30)19-17(32-23)7-6-14-15-10-25-13-29-9-5-8-26(29,22(31)28-25)12-18(25)24(3,4)21(15)27-20(14)19/h6-7,18,27H,5,8-13H2,1-4H3,(H,28,31)/t18?,25-,26+/m1/s1. The molecule has 6 aliphatic rings. The molecule has 0 saturated carbocycles. The van der Waals surface area contributed by atoms with E-state index < -0.39 is 5.60 Å². The summed E-state index contributed by atoms with van der Waals surface area (Å²) in [5.74, 6) is 1.42. The van der Waals surface area contributed by atoms with Crippen LogP contribution in [0.1, 0.15) is 75.0 Å². The van der Waals surface area contributed by atoms with Crippen LogP contribution >= 0.6 is 0 Å². The first kappa shape index (κ1) is 19.2. The summed E-state index contributed by atoms with van der Waals surface area (Å²) in [7, 11) is 0. The number of hydrogen-bond acceptors (Lipinski definition) is 4. The van der Waals surface area contributed by atoms with Gasteiger partial charge in [0.1, 0.15) is 16.9 Å². The van der Waals surface area contributed by atoms with Gasteiger partial charge >= 0.3 is 0 Å². The molecule has 1 aromatic carbocycles. The number of nitrogens with zero attached hydrogens (tertiary/aromatic N) is 1. The van der Waals surface area contributed by atoms with Crippen molar-refractivity contribution in [3.63, 3.8) is 0 Å². The summed E-state index contributed by atoms with van der Waals surface area (Å²) in [5, 5.41) is 4.65. The van der Waals surface area contributed by atoms with Gasteiger partial charge in [0.05, 0.1) is 23.0 Å². The highest BCUT2D eigenvalue weighted by Crippen LogP contribution is 2.59. The first-order valence-corrected chi connectivity index (χ1v) is 12.0. The molecule has 6 heterocycles. The second-order valence-corrected chi connectivity index (χ2v) is 12.1. The Hall–Kier alpha value is -2.34. The van der Waals surface area contributed by atoms with Crippen molar-refractivity contribution in [3.8, 4) is 5.75 Å². The summed E-state index contributed by atoms with van der Waals surface area (Å²) in [6.45, 7) is 10.5. The molecule has 5 aliphatic heterocycles. The first-order chi connectivity index (χ1) is 15.1. The normalized spacial score (nSPS) is 36.2. The van der Waals surface area contributed by atoms with E-state index in [9.17, 15) is 9.59 Å². The molecule has 4 fully saturated rings. The van der Waals surface area contributed by atoms with Crippen LogP contribution in [0.4, 0.5) is 0 Å². The molecule has 168 valence electrons. The number of nitrogens with one attached hydrogen (secondary N) is 2. The van der Waals surface area contributed by atoms with Crippen LogP contribution in [-0.2, 0) is 16.6 Å². The third-order valence-electron chi connectivity index (χ3n) is 9.39. The fourth-order valence-corrected chi connectivity index (χ4v) is 8.06. The van der Waals surface area contributed by atoms with Crippen molar-refractivity contribution >= 4 is 22.6 Å². The van der Waals surface area contributed by atoms with Crippen LogP contribution in [0.2, 0.25) is 0 Å². The largest absolute Gasteiger partial charge is 0.487 e. The van der Waals surface area contributed by atoms with Crippen molar-refractivity contribution in [3.05, 3.63) is 29.0 Å². The van der Waals surface area contributed by atoms with E-state index in [4.69, 9.17) is 4.74 Å². The highest BCUT2D eigenvalue weighted by molar-refractivity contribution is 6.11. The van der Waals surface area contributed by atoms with Gasteiger partial charge in [-0.1, -0.05) is 13.8 Å². The van der Waals surface area contributed by atoms with E-state index in [2.05, 4.69) is 35.1 Å². The van der Waals surface area contributed by atoms with Gasteiger partial charge in [-0.2, -0.15) is 0 Å². The summed E-state index contributed by atoms with van der Waals surface area (Å²) >= 11 is 0. The molecule has 6 nitrogen and oxygen atoms in total. The van der Waals surface area contributed by atoms with Crippen LogP contribution in [0.5, 0.6) is 5.75 Å². The molecule has 1 unspecified atom stereocenters. The minimum atomic E-state index is -0.480. The molecule has 2 spiro atoms. The van der Waals surface area contributed by atoms with E-state index in [1.54, 1.807) is 0 Å². The van der Waals surface area contributed by atoms with Gasteiger partial charge in [0, 0.05) is 23.0 Å². The van der Waals surface area contributed by atoms with Crippen LogP contribution in [0, 0.1) is 5.92 Å². The van der Waals surface area contributed by atoms with Crippen LogP contribution in [0.3, 0.4) is 0 Å². The van der Waals surface area contributed by atoms with E-state index in [1.807, 2.05) is 19.9 Å². The fraction of sp³-hybridized carbons (Fsp3) is 0.615. The monoisotopic (exact) mass is 433 g/mol. The van der Waals surface area contributed by atoms with Crippen molar-refractivity contribution in [1.82, 2.24) is 15.2 Å². The van der Waals surface area contributed by atoms with E-state index in [1.165, 1.54) is 11.3 Å². The Morgan fingerprint density at radius 2 is 1.94 bits per heavy atom. The minimum absolute atomic E-state index is 0.132. The summed E-state index contributed by atoms with van der Waals surface area (Å²) in [5.41, 5.74) is 2.93. The van der Waals surface area contributed by atoms with Gasteiger partial charge in [0.25, 0.3) is 0 Å². The molecular formula is C26H31N3O3. The summed E-state index contributed by atoms with van der Waals surface area (Å²) in [6.07, 6.45) is 4.20. The molecule has 6 heteroatoms. The van der Waals surface area contributed by atoms with Crippen molar-refractivity contribution in [2.75, 3.05) is 13.1 Å². The highest BCUT2D eigenvalue weighted by Gasteiger charge is 2.68. The smallest absolute Gasteiger partial charge is 0.241 e. The number of rotatable bonds is 0. The Bertz CT molecular complexity index is 1240. The SMILES string of the molecule is CC1(C)CC(=O)c2c(ccc3c4c([nH]c23)C(C)(C)C2C[C@]35CCCN3C[C@@]2(C4)NC5=O)O1. The second kappa shape index (κ2) is 5.41. The van der Waals surface area contributed by atoms with Crippen molar-refractivity contribution in [2.45, 2.75) is 81.9 Å². The summed E-state index contributed by atoms with van der Waals surface area (Å²) in [6, 6.07) is 4.08. The molecular weight excluding hydrogens is 402 g/mol. The van der Waals surface area contributed by atoms with Crippen molar-refractivity contribution in [2.24, 2.45) is 5.92 Å². The van der Waals surface area contributed by atoms with Crippen LogP contribution in [-0.4, -0.2) is 51.3 Å². The Morgan fingerprint density at radius 1 is 1.12 bits per heavy atom. The van der Waals surface area contributed by atoms with E-state index in [0.717, 1.165) is 49.7 Å². The predicted molar refractivity (Wildman–Crippen MR) is 121 cm³/mol. The minimum Gasteiger partial charge on any atom is -0.487 e. The Balaban J connectivity index is 1.44. The average molecular weight is 434 g/mol. The van der Waals surface area contributed by atoms with Crippen molar-refractivity contribution in [1.29, 1.82) is 0 Å². The number of carbonyl (C=O) groups excluding carboxylic acids is 2. The van der Waals surface area contributed by atoms with Gasteiger partial charge in [-0.3, -0.25) is 14.5 Å². The number of aromatic amines is 1. The van der Waals surface area contributed by atoms with E-state index in [0.29, 0.717) is 23.7 Å². The Kier molecular flexibility index (Phi) is 3.24. The lowest BCUT2D eigenvalue weighted by Gasteiger charge is -2.65. The van der Waals surface area contributed by atoms with Crippen molar-refractivity contribution < 1.29 is 14.3 Å². The molecule has 2 bridgehead atoms. The zero-order valence-corrected chi connectivity index (χ0v) is 19.4. The lowest BCUT2D eigenvalue weighted by molar-refractivity contribution is -0.160. The maximum atomic E-state index is 13.3. The van der Waals surface area contributed by atoms with E-state index >= 15 is 0 Å². The van der Waals surface area contributed by atoms with Gasteiger partial charge < -0.3 is 15.0 Å². The number of fused-ring (bicyclic) bond motifs is 6. The molecule has 0 radical (unpaired) electrons. The first-order valence-electron chi connectivity index (χ1n) is 12.0. The number of ketones is 1. The second-order valence-electron chi connectivity index (χ2n) is 12.1. The molecule has 8 rings (SSSR count). The van der Waals surface area contributed by atoms with Crippen LogP contribution < -0.4 is 10.1 Å². The Morgan fingerprint density at radius 3 is 2.75 bits per heavy atom. The molecule has 32 heavy (non-hydrogen) atoms. The number of aromatic nitrogens is 1. The number of piperidine rings is 2. The maximum absolute atomic E-state index is 13.3. The number of H-pyrrole nitrogens is 1. The zero-order valence-electron chi connectivity index (χ0n) is 19.4. The maximum Gasteiger partial charge on any atom is 0.241 e. The van der Waals surface area contributed by atoms with Gasteiger partial charge in [0.2, 0.25) is 5.91 Å². The summed E-state index contributed by atoms with van der Waals surface area (Å²) < 4.78 is 6.18. The van der Waals surface area contributed by atoms with Gasteiger partial charge in [0.15, 0.2) is 5.78 Å². The molecule has 4 saturated heterocycles. The molecule has 1 aromatic heterocycles. The van der Waals surface area contributed by atoms with Gasteiger partial charge in [-0.15, -0.1) is 0 Å². The van der Waals surface area contributed by atoms with Gasteiger partial charge in [-0.25, -0.2) is 0 Å². The number of ether oxygens (including phenoxy) is 1. The number of carbonyl (C=O) groups is 2. The Labute approximate surface area is 188 Å². The quantitative estimate of drug-likeness (QED) is 0.667. The number of hydrogen-bond donors (Lipinski definition) is 2. The van der Waals surface area contributed by atoms with Crippen LogP contribution in [0.25, 0.3) is 10.9 Å². The number of Topliss-reactive ketones (excluding diaryl/α,β-unsaturated/α-hetero) is 1. The number of piperazine rings is 1. The highest BCUT2D eigenvalue weighted by atomic mass is 16.5. The fourth-order valence-electron chi connectivity index (χ4n) is 8.06.